The smallest absolute Gasteiger partial charge is 0.138 e. The average molecular weight is 841 g/mol. The first kappa shape index (κ1) is 36.5. The molecule has 0 aliphatic heterocycles. The summed E-state index contributed by atoms with van der Waals surface area (Å²) in [6.45, 7) is 0. The first-order chi connectivity index (χ1) is 32.7. The Morgan fingerprint density at radius 2 is 0.909 bits per heavy atom. The molecule has 0 amide bonds. The predicted molar refractivity (Wildman–Crippen MR) is 271 cm³/mol. The predicted octanol–water partition coefficient (Wildman–Crippen LogP) is 15.8. The van der Waals surface area contributed by atoms with Gasteiger partial charge in [-0.05, 0) is 134 Å². The Morgan fingerprint density at radius 1 is 0.333 bits per heavy atom. The first-order valence-corrected chi connectivity index (χ1v) is 22.3. The second kappa shape index (κ2) is 14.3. The van der Waals surface area contributed by atoms with Crippen molar-refractivity contribution in [1.29, 1.82) is 0 Å². The van der Waals surface area contributed by atoms with E-state index in [4.69, 9.17) is 9.97 Å². The quantitative estimate of drug-likeness (QED) is 0.159. The van der Waals surface area contributed by atoms with E-state index in [-0.39, 0.29) is 0 Å². The van der Waals surface area contributed by atoms with Gasteiger partial charge in [0.05, 0.1) is 40.0 Å². The molecule has 12 aromatic rings. The van der Waals surface area contributed by atoms with Crippen LogP contribution in [-0.2, 0) is 0 Å². The van der Waals surface area contributed by atoms with Gasteiger partial charge in [0.25, 0.3) is 0 Å². The lowest BCUT2D eigenvalue weighted by molar-refractivity contribution is 1.19. The molecule has 0 saturated heterocycles. The summed E-state index contributed by atoms with van der Waals surface area (Å²) < 4.78 is 0. The number of aromatic nitrogens is 4. The standard InChI is InChI=1S/C60H36N6/c1-4-19-53-37(9-1)21-28-56(63-53)65(40-30-33-61-34-31-40)54-26-25-49-45-23-20-39(35-52(45)47-16-7-18-50(54)59(47)49)42-14-5-10-38-22-29-57(64-60(38)42)66(41-11-8-32-62-36-41)55-27-24-48-44-13-3-2-12-43(44)46-15-6-17-51(55)58(46)48/h1-36H. The van der Waals surface area contributed by atoms with Gasteiger partial charge in [-0.2, -0.15) is 0 Å². The Balaban J connectivity index is 0.905. The van der Waals surface area contributed by atoms with Crippen LogP contribution in [0.5, 0.6) is 0 Å². The highest BCUT2D eigenvalue weighted by Crippen LogP contribution is 2.53. The second-order valence-electron chi connectivity index (χ2n) is 17.0. The maximum atomic E-state index is 5.57. The van der Waals surface area contributed by atoms with Crippen molar-refractivity contribution >= 4 is 77.7 Å². The van der Waals surface area contributed by atoms with Gasteiger partial charge in [-0.1, -0.05) is 121 Å². The minimum Gasteiger partial charge on any atom is -0.294 e. The van der Waals surface area contributed by atoms with Gasteiger partial charge in [0.2, 0.25) is 0 Å². The van der Waals surface area contributed by atoms with Crippen LogP contribution in [0.1, 0.15) is 0 Å². The number of pyridine rings is 4. The zero-order chi connectivity index (χ0) is 43.3. The van der Waals surface area contributed by atoms with E-state index in [0.717, 1.165) is 72.7 Å². The van der Waals surface area contributed by atoms with Crippen molar-refractivity contribution in [3.63, 3.8) is 0 Å². The monoisotopic (exact) mass is 840 g/mol. The molecule has 306 valence electrons. The van der Waals surface area contributed by atoms with Crippen molar-refractivity contribution in [2.45, 2.75) is 0 Å². The molecule has 0 bridgehead atoms. The molecule has 0 fully saturated rings. The van der Waals surface area contributed by atoms with Crippen molar-refractivity contribution < 1.29 is 0 Å². The number of hydrogen-bond acceptors (Lipinski definition) is 6. The highest BCUT2D eigenvalue weighted by atomic mass is 15.2. The molecule has 4 heterocycles. The molecule has 6 heteroatoms. The Hall–Kier alpha value is -9.00. The lowest BCUT2D eigenvalue weighted by Gasteiger charge is -2.26. The molecule has 4 aromatic heterocycles. The van der Waals surface area contributed by atoms with Gasteiger partial charge in [-0.15, -0.1) is 0 Å². The van der Waals surface area contributed by atoms with E-state index >= 15 is 0 Å². The largest absolute Gasteiger partial charge is 0.294 e. The summed E-state index contributed by atoms with van der Waals surface area (Å²) in [5, 5.41) is 7.02. The van der Waals surface area contributed by atoms with Crippen LogP contribution in [-0.4, -0.2) is 19.9 Å². The SMILES string of the molecule is c1cncc(N(c2ccc3cccc(-c4ccc5c(c4)-c4cccc6c(N(c7ccncc7)c7ccc8ccccc8n7)ccc-5c46)c3n2)c2ccc3c4c(cccc24)-c2ccccc2-3)c1. The zero-order valence-electron chi connectivity index (χ0n) is 35.5. The van der Waals surface area contributed by atoms with Gasteiger partial charge < -0.3 is 0 Å². The lowest BCUT2D eigenvalue weighted by atomic mass is 9.96. The van der Waals surface area contributed by atoms with Crippen LogP contribution < -0.4 is 9.80 Å². The molecular formula is C60H36N6. The van der Waals surface area contributed by atoms with Crippen LogP contribution in [0.4, 0.5) is 34.4 Å². The molecule has 0 N–H and O–H groups in total. The average Bonchev–Trinajstić information content (AvgIpc) is 3.89. The van der Waals surface area contributed by atoms with Crippen molar-refractivity contribution in [2.75, 3.05) is 9.80 Å². The molecule has 8 aromatic carbocycles. The molecule has 0 radical (unpaired) electrons. The van der Waals surface area contributed by atoms with Crippen molar-refractivity contribution in [2.24, 2.45) is 0 Å². The molecule has 6 nitrogen and oxygen atoms in total. The lowest BCUT2D eigenvalue weighted by Crippen LogP contribution is -2.12. The first-order valence-electron chi connectivity index (χ1n) is 22.3. The van der Waals surface area contributed by atoms with Gasteiger partial charge in [0, 0.05) is 45.7 Å². The van der Waals surface area contributed by atoms with E-state index in [2.05, 4.69) is 190 Å². The van der Waals surface area contributed by atoms with Crippen molar-refractivity contribution in [1.82, 2.24) is 19.9 Å². The summed E-state index contributed by atoms with van der Waals surface area (Å²) in [7, 11) is 0. The van der Waals surface area contributed by atoms with Crippen molar-refractivity contribution in [3.8, 4) is 55.6 Å². The molecule has 0 unspecified atom stereocenters. The summed E-state index contributed by atoms with van der Waals surface area (Å²) in [5.74, 6) is 1.67. The molecule has 14 rings (SSSR count). The van der Waals surface area contributed by atoms with Crippen LogP contribution in [0.2, 0.25) is 0 Å². The zero-order valence-corrected chi connectivity index (χ0v) is 35.5. The third-order valence-corrected chi connectivity index (χ3v) is 13.5. The minimum absolute atomic E-state index is 0.824. The van der Waals surface area contributed by atoms with E-state index in [0.29, 0.717) is 0 Å². The number of nitrogens with zero attached hydrogens (tertiary/aromatic N) is 6. The Morgan fingerprint density at radius 3 is 1.65 bits per heavy atom. The highest BCUT2D eigenvalue weighted by Gasteiger charge is 2.28. The van der Waals surface area contributed by atoms with E-state index in [9.17, 15) is 0 Å². The van der Waals surface area contributed by atoms with Gasteiger partial charge >= 0.3 is 0 Å². The maximum absolute atomic E-state index is 5.57. The Labute approximate surface area is 380 Å². The summed E-state index contributed by atoms with van der Waals surface area (Å²) in [5.41, 5.74) is 18.1. The van der Waals surface area contributed by atoms with E-state index < -0.39 is 0 Å². The number of hydrogen-bond donors (Lipinski definition) is 0. The molecule has 0 atom stereocenters. The fourth-order valence-electron chi connectivity index (χ4n) is 10.6. The van der Waals surface area contributed by atoms with Gasteiger partial charge in [0.15, 0.2) is 0 Å². The second-order valence-corrected chi connectivity index (χ2v) is 17.0. The number of rotatable bonds is 7. The molecule has 2 aliphatic rings. The van der Waals surface area contributed by atoms with E-state index in [1.165, 1.54) is 60.7 Å². The third-order valence-electron chi connectivity index (χ3n) is 13.5. The number of fused-ring (bicyclic) bond motifs is 8. The van der Waals surface area contributed by atoms with E-state index in [1.54, 1.807) is 0 Å². The van der Waals surface area contributed by atoms with Crippen LogP contribution in [0.15, 0.2) is 219 Å². The molecule has 66 heavy (non-hydrogen) atoms. The summed E-state index contributed by atoms with van der Waals surface area (Å²) in [4.78, 5) is 24.2. The molecule has 2 aliphatic carbocycles. The fraction of sp³-hybridized carbons (Fsp3) is 0. The fourth-order valence-corrected chi connectivity index (χ4v) is 10.6. The van der Waals surface area contributed by atoms with Crippen LogP contribution in [0, 0.1) is 0 Å². The maximum Gasteiger partial charge on any atom is 0.138 e. The van der Waals surface area contributed by atoms with Crippen LogP contribution in [0.3, 0.4) is 0 Å². The van der Waals surface area contributed by atoms with Crippen LogP contribution >= 0.6 is 0 Å². The Kier molecular flexibility index (Phi) is 7.88. The number of para-hydroxylation sites is 2. The van der Waals surface area contributed by atoms with Gasteiger partial charge in [-0.3, -0.25) is 19.8 Å². The molecule has 0 spiro atoms. The minimum atomic E-state index is 0.824. The molecular weight excluding hydrogens is 805 g/mol. The highest BCUT2D eigenvalue weighted by molar-refractivity contribution is 6.21. The Bertz CT molecular complexity index is 3930. The van der Waals surface area contributed by atoms with Gasteiger partial charge in [-0.25, -0.2) is 9.97 Å². The number of benzene rings is 8. The van der Waals surface area contributed by atoms with E-state index in [1.807, 2.05) is 49.1 Å². The van der Waals surface area contributed by atoms with Crippen molar-refractivity contribution in [3.05, 3.63) is 219 Å². The normalized spacial score (nSPS) is 11.9. The molecule has 0 saturated carbocycles. The third kappa shape index (κ3) is 5.42. The summed E-state index contributed by atoms with van der Waals surface area (Å²) in [6.07, 6.45) is 7.43. The topological polar surface area (TPSA) is 58.0 Å². The number of anilines is 6. The van der Waals surface area contributed by atoms with Gasteiger partial charge in [0.1, 0.15) is 11.6 Å². The van der Waals surface area contributed by atoms with Crippen LogP contribution in [0.25, 0.3) is 99.0 Å². The summed E-state index contributed by atoms with van der Waals surface area (Å²) in [6, 6.07) is 69.6. The summed E-state index contributed by atoms with van der Waals surface area (Å²) >= 11 is 0.